The number of carbonyl (C=O) groups is 1. The molecule has 5 heteroatoms. The molecule has 0 rings (SSSR count). The Morgan fingerprint density at radius 2 is 2.07 bits per heavy atom. The van der Waals surface area contributed by atoms with Gasteiger partial charge in [0.1, 0.15) is 6.04 Å². The maximum Gasteiger partial charge on any atom is 0.322 e. The highest BCUT2D eigenvalue weighted by Crippen LogP contribution is 1.97. The van der Waals surface area contributed by atoms with Crippen molar-refractivity contribution in [2.24, 2.45) is 5.73 Å². The summed E-state index contributed by atoms with van der Waals surface area (Å²) in [6, 6.07) is -0.532. The molecule has 0 aliphatic rings. The van der Waals surface area contributed by atoms with Gasteiger partial charge in [0.15, 0.2) is 0 Å². The minimum absolute atomic E-state index is 0.339. The average Bonchev–Trinajstić information content (AvgIpc) is 2.23. The molecule has 1 atom stereocenters. The maximum absolute atomic E-state index is 11.1. The fourth-order valence-electron chi connectivity index (χ4n) is 1.02. The largest absolute Gasteiger partial charge is 0.465 e. The van der Waals surface area contributed by atoms with E-state index in [0.29, 0.717) is 32.8 Å². The Balaban J connectivity index is 3.30. The van der Waals surface area contributed by atoms with Crippen LogP contribution in [0.25, 0.3) is 0 Å². The van der Waals surface area contributed by atoms with Gasteiger partial charge in [-0.2, -0.15) is 0 Å². The minimum atomic E-state index is -0.532. The lowest BCUT2D eigenvalue weighted by Crippen LogP contribution is -2.32. The van der Waals surface area contributed by atoms with E-state index in [9.17, 15) is 4.79 Å². The molecule has 0 fully saturated rings. The number of hydrogen-bond acceptors (Lipinski definition) is 5. The monoisotopic (exact) mass is 219 g/mol. The van der Waals surface area contributed by atoms with Crippen LogP contribution in [-0.2, 0) is 19.0 Å². The van der Waals surface area contributed by atoms with Crippen molar-refractivity contribution in [3.05, 3.63) is 0 Å². The number of nitrogens with two attached hydrogens (primary N) is 1. The topological polar surface area (TPSA) is 70.8 Å². The first-order chi connectivity index (χ1) is 7.22. The first-order valence-electron chi connectivity index (χ1n) is 5.21. The van der Waals surface area contributed by atoms with Crippen molar-refractivity contribution in [2.45, 2.75) is 25.8 Å². The Hall–Kier alpha value is -0.650. The average molecular weight is 219 g/mol. The second-order valence-electron chi connectivity index (χ2n) is 3.11. The third-order valence-electron chi connectivity index (χ3n) is 1.82. The van der Waals surface area contributed by atoms with Crippen molar-refractivity contribution in [3.8, 4) is 0 Å². The summed E-state index contributed by atoms with van der Waals surface area (Å²) in [5.74, 6) is -0.339. The molecule has 0 aromatic heterocycles. The molecule has 0 aliphatic carbocycles. The fraction of sp³-hybridized carbons (Fsp3) is 0.900. The van der Waals surface area contributed by atoms with Gasteiger partial charge < -0.3 is 19.9 Å². The molecule has 0 amide bonds. The smallest absolute Gasteiger partial charge is 0.322 e. The zero-order valence-corrected chi connectivity index (χ0v) is 9.53. The van der Waals surface area contributed by atoms with E-state index in [1.807, 2.05) is 0 Å². The predicted octanol–water partition coefficient (Wildman–Crippen LogP) is 0.320. The van der Waals surface area contributed by atoms with Crippen LogP contribution in [0, 0.1) is 0 Å². The Labute approximate surface area is 90.9 Å². The van der Waals surface area contributed by atoms with Crippen molar-refractivity contribution in [1.29, 1.82) is 0 Å². The highest BCUT2D eigenvalue weighted by atomic mass is 16.5. The molecular formula is C10H21NO4. The molecular weight excluding hydrogens is 198 g/mol. The number of esters is 1. The Bertz CT molecular complexity index is 164. The highest BCUT2D eigenvalue weighted by molar-refractivity contribution is 5.75. The lowest BCUT2D eigenvalue weighted by atomic mass is 10.2. The molecule has 0 saturated carbocycles. The van der Waals surface area contributed by atoms with Crippen molar-refractivity contribution in [2.75, 3.05) is 33.5 Å². The van der Waals surface area contributed by atoms with E-state index in [0.717, 1.165) is 6.42 Å². The summed E-state index contributed by atoms with van der Waals surface area (Å²) >= 11 is 0. The van der Waals surface area contributed by atoms with Crippen LogP contribution in [0.3, 0.4) is 0 Å². The molecule has 2 N–H and O–H groups in total. The number of carbonyl (C=O) groups excluding carboxylic acids is 1. The van der Waals surface area contributed by atoms with Crippen molar-refractivity contribution in [1.82, 2.24) is 0 Å². The van der Waals surface area contributed by atoms with E-state index < -0.39 is 6.04 Å². The summed E-state index contributed by atoms with van der Waals surface area (Å²) < 4.78 is 14.8. The van der Waals surface area contributed by atoms with E-state index in [-0.39, 0.29) is 5.97 Å². The van der Waals surface area contributed by atoms with Crippen LogP contribution in [0.15, 0.2) is 0 Å². The lowest BCUT2D eigenvalue weighted by Gasteiger charge is -2.10. The molecule has 0 spiro atoms. The second-order valence-corrected chi connectivity index (χ2v) is 3.11. The van der Waals surface area contributed by atoms with Gasteiger partial charge in [0.05, 0.1) is 19.8 Å². The molecule has 1 unspecified atom stereocenters. The zero-order chi connectivity index (χ0) is 11.5. The molecule has 15 heavy (non-hydrogen) atoms. The van der Waals surface area contributed by atoms with Crippen LogP contribution >= 0.6 is 0 Å². The van der Waals surface area contributed by atoms with Crippen molar-refractivity contribution >= 4 is 5.97 Å². The number of rotatable bonds is 9. The Morgan fingerprint density at radius 1 is 1.33 bits per heavy atom. The van der Waals surface area contributed by atoms with E-state index in [4.69, 9.17) is 19.9 Å². The summed E-state index contributed by atoms with van der Waals surface area (Å²) in [5, 5.41) is 0. The molecule has 0 aliphatic heterocycles. The predicted molar refractivity (Wildman–Crippen MR) is 56.5 cm³/mol. The Morgan fingerprint density at radius 3 is 2.67 bits per heavy atom. The molecule has 0 aromatic rings. The van der Waals surface area contributed by atoms with Crippen LogP contribution in [0.4, 0.5) is 0 Å². The summed E-state index contributed by atoms with van der Waals surface area (Å²) in [7, 11) is 1.63. The van der Waals surface area contributed by atoms with E-state index >= 15 is 0 Å². The number of hydrogen-bond donors (Lipinski definition) is 1. The van der Waals surface area contributed by atoms with E-state index in [1.165, 1.54) is 0 Å². The lowest BCUT2D eigenvalue weighted by molar-refractivity contribution is -0.144. The van der Waals surface area contributed by atoms with Crippen molar-refractivity contribution in [3.63, 3.8) is 0 Å². The van der Waals surface area contributed by atoms with Gasteiger partial charge in [0, 0.05) is 13.7 Å². The molecule has 0 aromatic carbocycles. The summed E-state index contributed by atoms with van der Waals surface area (Å²) in [6.07, 6.45) is 1.34. The quantitative estimate of drug-likeness (QED) is 0.446. The van der Waals surface area contributed by atoms with Gasteiger partial charge in [-0.05, 0) is 19.8 Å². The standard InChI is InChI=1S/C10H21NO4/c1-3-15-10(12)9(11)5-4-6-14-8-7-13-2/h9H,3-8,11H2,1-2H3. The molecule has 0 saturated heterocycles. The third-order valence-corrected chi connectivity index (χ3v) is 1.82. The molecule has 0 radical (unpaired) electrons. The normalized spacial score (nSPS) is 12.5. The number of methoxy groups -OCH3 is 1. The van der Waals surface area contributed by atoms with Crippen LogP contribution in [-0.4, -0.2) is 45.5 Å². The Kier molecular flexibility index (Phi) is 9.46. The van der Waals surface area contributed by atoms with E-state index in [1.54, 1.807) is 14.0 Å². The van der Waals surface area contributed by atoms with Gasteiger partial charge in [0.2, 0.25) is 0 Å². The van der Waals surface area contributed by atoms with Crippen LogP contribution in [0.1, 0.15) is 19.8 Å². The first-order valence-corrected chi connectivity index (χ1v) is 5.21. The van der Waals surface area contributed by atoms with Crippen LogP contribution in [0.2, 0.25) is 0 Å². The van der Waals surface area contributed by atoms with Gasteiger partial charge in [0.25, 0.3) is 0 Å². The maximum atomic E-state index is 11.1. The number of ether oxygens (including phenoxy) is 3. The molecule has 5 nitrogen and oxygen atoms in total. The zero-order valence-electron chi connectivity index (χ0n) is 9.53. The van der Waals surface area contributed by atoms with Crippen molar-refractivity contribution < 1.29 is 19.0 Å². The SMILES string of the molecule is CCOC(=O)C(N)CCCOCCOC. The second kappa shape index (κ2) is 9.89. The van der Waals surface area contributed by atoms with Crippen LogP contribution < -0.4 is 5.73 Å². The van der Waals surface area contributed by atoms with Gasteiger partial charge in [-0.3, -0.25) is 4.79 Å². The third kappa shape index (κ3) is 8.35. The molecule has 0 bridgehead atoms. The highest BCUT2D eigenvalue weighted by Gasteiger charge is 2.13. The fourth-order valence-corrected chi connectivity index (χ4v) is 1.02. The summed E-state index contributed by atoms with van der Waals surface area (Å²) in [6.45, 7) is 3.89. The minimum Gasteiger partial charge on any atom is -0.465 e. The molecule has 0 heterocycles. The van der Waals surface area contributed by atoms with Gasteiger partial charge in [-0.1, -0.05) is 0 Å². The first kappa shape index (κ1) is 14.3. The van der Waals surface area contributed by atoms with Gasteiger partial charge in [-0.15, -0.1) is 0 Å². The summed E-state index contributed by atoms with van der Waals surface area (Å²) in [4.78, 5) is 11.1. The van der Waals surface area contributed by atoms with E-state index in [2.05, 4.69) is 0 Å². The molecule has 90 valence electrons. The van der Waals surface area contributed by atoms with Gasteiger partial charge >= 0.3 is 5.97 Å². The summed E-state index contributed by atoms with van der Waals surface area (Å²) in [5.41, 5.74) is 5.59. The van der Waals surface area contributed by atoms with Gasteiger partial charge in [-0.25, -0.2) is 0 Å². The van der Waals surface area contributed by atoms with Crippen LogP contribution in [0.5, 0.6) is 0 Å².